The second-order valence-electron chi connectivity index (χ2n) is 10.4. The van der Waals surface area contributed by atoms with E-state index in [4.69, 9.17) is 23.2 Å². The minimum atomic E-state index is -0.300. The molecule has 1 atom stereocenters. The number of hydrogen-bond acceptors (Lipinski definition) is 2. The predicted molar refractivity (Wildman–Crippen MR) is 158 cm³/mol. The van der Waals surface area contributed by atoms with Crippen molar-refractivity contribution in [2.24, 2.45) is 0 Å². The summed E-state index contributed by atoms with van der Waals surface area (Å²) in [4.78, 5) is 15.8. The first-order valence-electron chi connectivity index (χ1n) is 12.2. The molecule has 2 heterocycles. The summed E-state index contributed by atoms with van der Waals surface area (Å²) in [5.41, 5.74) is 5.02. The van der Waals surface area contributed by atoms with Crippen LogP contribution in [0.2, 0.25) is 10.0 Å². The molecule has 0 saturated carbocycles. The normalized spacial score (nSPS) is 14.7. The minimum Gasteiger partial charge on any atom is -0.294 e. The van der Waals surface area contributed by atoms with Crippen LogP contribution in [0.4, 0.5) is 4.39 Å². The second-order valence-corrected chi connectivity index (χ2v) is 11.8. The van der Waals surface area contributed by atoms with Crippen LogP contribution >= 0.6 is 32.4 Å². The molecule has 1 aromatic heterocycles. The van der Waals surface area contributed by atoms with Gasteiger partial charge in [-0.15, -0.1) is 9.24 Å². The van der Waals surface area contributed by atoms with Crippen LogP contribution in [0.5, 0.6) is 0 Å². The zero-order chi connectivity index (χ0) is 26.5. The van der Waals surface area contributed by atoms with E-state index < -0.39 is 0 Å². The quantitative estimate of drug-likeness (QED) is 0.246. The molecule has 0 radical (unpaired) electrons. The third kappa shape index (κ3) is 5.01. The van der Waals surface area contributed by atoms with Gasteiger partial charge in [0.05, 0.1) is 21.2 Å². The number of hydrogen-bond donors (Lipinski definition) is 0. The van der Waals surface area contributed by atoms with Gasteiger partial charge in [-0.1, -0.05) is 41.4 Å². The zero-order valence-electron chi connectivity index (χ0n) is 21.0. The van der Waals surface area contributed by atoms with Crippen LogP contribution in [0.1, 0.15) is 32.8 Å². The number of aromatic nitrogens is 1. The largest absolute Gasteiger partial charge is 0.294 e. The Morgan fingerprint density at radius 2 is 1.68 bits per heavy atom. The number of pyridine rings is 1. The van der Waals surface area contributed by atoms with Gasteiger partial charge in [-0.25, -0.2) is 4.39 Å². The number of nitrogens with zero attached hydrogens (tertiary/aromatic N) is 2. The first-order valence-corrected chi connectivity index (χ1v) is 13.5. The lowest BCUT2D eigenvalue weighted by atomic mass is 9.91. The monoisotopic (exact) mass is 552 g/mol. The zero-order valence-corrected chi connectivity index (χ0v) is 23.7. The number of fused-ring (bicyclic) bond motifs is 1. The van der Waals surface area contributed by atoms with Gasteiger partial charge < -0.3 is 0 Å². The van der Waals surface area contributed by atoms with Crippen LogP contribution in [-0.4, -0.2) is 28.1 Å². The molecular weight excluding hydrogens is 525 g/mol. The van der Waals surface area contributed by atoms with E-state index in [9.17, 15) is 9.18 Å². The van der Waals surface area contributed by atoms with E-state index in [2.05, 4.69) is 47.1 Å². The molecule has 0 spiro atoms. The fraction of sp³-hybridized carbons (Fsp3) is 0.233. The smallest absolute Gasteiger partial charge is 0.255 e. The first-order chi connectivity index (χ1) is 17.5. The van der Waals surface area contributed by atoms with E-state index in [1.54, 1.807) is 28.8 Å². The number of halogens is 3. The SMILES string of the molecule is CC(C)(C)N1CC=C(c2cc(-c3ccc(F)cc3P)c3ccc(=O)n(-c4c(Cl)cccc4Cl)c3c2)CC1. The van der Waals surface area contributed by atoms with Crippen molar-refractivity contribution < 1.29 is 4.39 Å². The molecule has 4 aromatic rings. The third-order valence-electron chi connectivity index (χ3n) is 7.01. The Bertz CT molecular complexity index is 1600. The van der Waals surface area contributed by atoms with E-state index in [0.29, 0.717) is 21.2 Å². The van der Waals surface area contributed by atoms with Gasteiger partial charge in [0, 0.05) is 30.1 Å². The molecule has 37 heavy (non-hydrogen) atoms. The predicted octanol–water partition coefficient (Wildman–Crippen LogP) is 7.49. The van der Waals surface area contributed by atoms with Crippen LogP contribution in [0.25, 0.3) is 33.3 Å². The van der Waals surface area contributed by atoms with E-state index in [0.717, 1.165) is 46.9 Å². The molecule has 0 aliphatic carbocycles. The third-order valence-corrected chi connectivity index (χ3v) is 8.09. The van der Waals surface area contributed by atoms with Crippen molar-refractivity contribution in [2.75, 3.05) is 13.1 Å². The van der Waals surface area contributed by atoms with E-state index in [1.165, 1.54) is 23.8 Å². The lowest BCUT2D eigenvalue weighted by Crippen LogP contribution is -2.43. The summed E-state index contributed by atoms with van der Waals surface area (Å²) in [5, 5.41) is 2.37. The number of rotatable bonds is 3. The first kappa shape index (κ1) is 26.1. The molecule has 3 aromatic carbocycles. The van der Waals surface area contributed by atoms with Crippen molar-refractivity contribution in [1.82, 2.24) is 9.47 Å². The molecule has 0 amide bonds. The maximum atomic E-state index is 14.0. The lowest BCUT2D eigenvalue weighted by molar-refractivity contribution is 0.153. The molecular formula is C30H28Cl2FN2OP. The van der Waals surface area contributed by atoms with Gasteiger partial charge in [0.1, 0.15) is 5.82 Å². The summed E-state index contributed by atoms with van der Waals surface area (Å²) >= 11 is 13.2. The highest BCUT2D eigenvalue weighted by atomic mass is 35.5. The maximum Gasteiger partial charge on any atom is 0.255 e. The van der Waals surface area contributed by atoms with Crippen molar-refractivity contribution in [1.29, 1.82) is 0 Å². The van der Waals surface area contributed by atoms with Gasteiger partial charge in [-0.2, -0.15) is 0 Å². The molecule has 0 saturated heterocycles. The highest BCUT2D eigenvalue weighted by Gasteiger charge is 2.24. The summed E-state index contributed by atoms with van der Waals surface area (Å²) in [6.07, 6.45) is 3.14. The molecule has 0 N–H and O–H groups in total. The fourth-order valence-electron chi connectivity index (χ4n) is 5.01. The Hall–Kier alpha value is -2.49. The van der Waals surface area contributed by atoms with E-state index in [-0.39, 0.29) is 16.9 Å². The van der Waals surface area contributed by atoms with Gasteiger partial charge in [0.25, 0.3) is 5.56 Å². The fourth-order valence-corrected chi connectivity index (χ4v) is 5.98. The number of para-hydroxylation sites is 1. The Labute approximate surface area is 228 Å². The van der Waals surface area contributed by atoms with Crippen molar-refractivity contribution in [3.05, 3.63) is 98.5 Å². The summed E-state index contributed by atoms with van der Waals surface area (Å²) < 4.78 is 15.6. The summed E-state index contributed by atoms with van der Waals surface area (Å²) in [6.45, 7) is 8.45. The molecule has 1 unspecified atom stereocenters. The number of benzene rings is 3. The summed E-state index contributed by atoms with van der Waals surface area (Å²) in [5.74, 6) is -0.300. The van der Waals surface area contributed by atoms with Crippen LogP contribution in [0, 0.1) is 5.82 Å². The van der Waals surface area contributed by atoms with Crippen LogP contribution < -0.4 is 10.9 Å². The summed E-state index contributed by atoms with van der Waals surface area (Å²) in [6, 6.07) is 17.5. The molecule has 5 rings (SSSR count). The molecule has 3 nitrogen and oxygen atoms in total. The van der Waals surface area contributed by atoms with E-state index >= 15 is 0 Å². The van der Waals surface area contributed by atoms with Crippen molar-refractivity contribution in [2.45, 2.75) is 32.7 Å². The average Bonchev–Trinajstić information content (AvgIpc) is 2.84. The standard InChI is InChI=1S/C30H28Cl2FN2OP/c1-30(2,3)34-13-11-18(12-14-34)19-15-23(22-8-7-20(33)17-27(22)37)21-9-10-28(36)35(26(21)16-19)29-24(31)5-4-6-25(29)32/h4-11,15-17H,12-14,37H2,1-3H3. The average molecular weight is 553 g/mol. The van der Waals surface area contributed by atoms with Gasteiger partial charge in [0.15, 0.2) is 0 Å². The van der Waals surface area contributed by atoms with Crippen LogP contribution in [-0.2, 0) is 0 Å². The highest BCUT2D eigenvalue weighted by Crippen LogP contribution is 2.37. The van der Waals surface area contributed by atoms with Crippen molar-refractivity contribution in [3.63, 3.8) is 0 Å². The Morgan fingerprint density at radius 3 is 2.30 bits per heavy atom. The van der Waals surface area contributed by atoms with E-state index in [1.807, 2.05) is 12.1 Å². The summed E-state index contributed by atoms with van der Waals surface area (Å²) in [7, 11) is 2.63. The van der Waals surface area contributed by atoms with Gasteiger partial charge >= 0.3 is 0 Å². The highest BCUT2D eigenvalue weighted by molar-refractivity contribution is 7.28. The molecule has 7 heteroatoms. The van der Waals surface area contributed by atoms with Gasteiger partial charge in [-0.05, 0) is 97.2 Å². The topological polar surface area (TPSA) is 25.2 Å². The maximum absolute atomic E-state index is 14.0. The molecule has 1 aliphatic rings. The Morgan fingerprint density at radius 1 is 0.946 bits per heavy atom. The van der Waals surface area contributed by atoms with Crippen LogP contribution in [0.15, 0.2) is 71.5 Å². The molecule has 190 valence electrons. The second kappa shape index (κ2) is 10.0. The van der Waals surface area contributed by atoms with Gasteiger partial charge in [-0.3, -0.25) is 14.3 Å². The van der Waals surface area contributed by atoms with Crippen molar-refractivity contribution in [3.8, 4) is 16.8 Å². The van der Waals surface area contributed by atoms with Crippen LogP contribution in [0.3, 0.4) is 0 Å². The lowest BCUT2D eigenvalue weighted by Gasteiger charge is -2.37. The molecule has 0 fully saturated rings. The minimum absolute atomic E-state index is 0.0836. The Balaban J connectivity index is 1.82. The molecule has 0 bridgehead atoms. The molecule has 1 aliphatic heterocycles. The van der Waals surface area contributed by atoms with Crippen molar-refractivity contribution >= 4 is 54.2 Å². The van der Waals surface area contributed by atoms with Gasteiger partial charge in [0.2, 0.25) is 0 Å². The Kier molecular flexibility index (Phi) is 7.06.